The number of aromatic hydroxyl groups is 1. The lowest BCUT2D eigenvalue weighted by Crippen LogP contribution is -2.16. The van der Waals surface area contributed by atoms with E-state index in [0.717, 1.165) is 0 Å². The van der Waals surface area contributed by atoms with Gasteiger partial charge < -0.3 is 20.0 Å². The second kappa shape index (κ2) is 8.51. The third kappa shape index (κ3) is 3.95. The number of H-pyrrole nitrogens is 2. The first-order chi connectivity index (χ1) is 16.5. The van der Waals surface area contributed by atoms with E-state index < -0.39 is 0 Å². The Morgan fingerprint density at radius 1 is 1.09 bits per heavy atom. The summed E-state index contributed by atoms with van der Waals surface area (Å²) < 4.78 is 1.62. The molecule has 3 aromatic heterocycles. The van der Waals surface area contributed by atoms with E-state index in [1.54, 1.807) is 78.7 Å². The topological polar surface area (TPSA) is 141 Å². The van der Waals surface area contributed by atoms with Crippen molar-refractivity contribution in [1.82, 2.24) is 24.7 Å². The van der Waals surface area contributed by atoms with Gasteiger partial charge in [-0.05, 0) is 42.5 Å². The molecule has 5 aromatic rings. The number of amides is 1. The summed E-state index contributed by atoms with van der Waals surface area (Å²) in [6, 6.07) is 13.4. The molecule has 0 radical (unpaired) electrons. The van der Waals surface area contributed by atoms with Crippen LogP contribution in [0, 0.1) is 0 Å². The van der Waals surface area contributed by atoms with Crippen molar-refractivity contribution in [3.05, 3.63) is 89.6 Å². The summed E-state index contributed by atoms with van der Waals surface area (Å²) in [4.78, 5) is 36.6. The average Bonchev–Trinajstić information content (AvgIpc) is 3.57. The van der Waals surface area contributed by atoms with Crippen LogP contribution in [0.15, 0.2) is 72.1 Å². The van der Waals surface area contributed by atoms with E-state index in [-0.39, 0.29) is 23.4 Å². The van der Waals surface area contributed by atoms with E-state index in [4.69, 9.17) is 0 Å². The predicted molar refractivity (Wildman–Crippen MR) is 127 cm³/mol. The van der Waals surface area contributed by atoms with Crippen LogP contribution in [0.1, 0.15) is 32.1 Å². The van der Waals surface area contributed by atoms with Crippen molar-refractivity contribution in [1.29, 1.82) is 0 Å². The Morgan fingerprint density at radius 2 is 1.88 bits per heavy atom. The molecule has 1 amide bonds. The maximum atomic E-state index is 13.1. The number of aromatic nitrogens is 5. The summed E-state index contributed by atoms with van der Waals surface area (Å²) in [7, 11) is 1.74. The number of ketones is 1. The van der Waals surface area contributed by atoms with Gasteiger partial charge in [0.2, 0.25) is 0 Å². The standard InChI is InChI=1S/C24H19N7O3/c1-31-11-10-25-22(31)24(34)28-16-5-2-14(3-6-16)21(32)15-4-7-19-17(12-15)18(23(33)29-19)13-26-20-8-9-27-30-20/h2-13,29,33H,1H3,(H,27,30)(H,28,34). The van der Waals surface area contributed by atoms with Gasteiger partial charge >= 0.3 is 0 Å². The second-order valence-corrected chi connectivity index (χ2v) is 7.57. The van der Waals surface area contributed by atoms with E-state index in [0.29, 0.717) is 39.1 Å². The summed E-state index contributed by atoms with van der Waals surface area (Å²) >= 11 is 0. The lowest BCUT2D eigenvalue weighted by atomic mass is 10.0. The zero-order valence-electron chi connectivity index (χ0n) is 18.0. The number of anilines is 1. The number of nitrogens with zero attached hydrogens (tertiary/aromatic N) is 4. The molecule has 0 aliphatic heterocycles. The average molecular weight is 453 g/mol. The van der Waals surface area contributed by atoms with Crippen LogP contribution in [0.3, 0.4) is 0 Å². The second-order valence-electron chi connectivity index (χ2n) is 7.57. The van der Waals surface area contributed by atoms with Gasteiger partial charge in [0.15, 0.2) is 17.5 Å². The van der Waals surface area contributed by atoms with Gasteiger partial charge in [-0.25, -0.2) is 9.98 Å². The Morgan fingerprint density at radius 3 is 2.59 bits per heavy atom. The third-order valence-corrected chi connectivity index (χ3v) is 5.33. The number of imidazole rings is 1. The van der Waals surface area contributed by atoms with Crippen molar-refractivity contribution in [2.75, 3.05) is 5.32 Å². The van der Waals surface area contributed by atoms with Crippen LogP contribution < -0.4 is 5.32 Å². The highest BCUT2D eigenvalue weighted by molar-refractivity contribution is 6.12. The zero-order chi connectivity index (χ0) is 23.7. The number of carbonyl (C=O) groups is 2. The van der Waals surface area contributed by atoms with Gasteiger partial charge in [0.1, 0.15) is 5.82 Å². The van der Waals surface area contributed by atoms with E-state index in [2.05, 4.69) is 30.5 Å². The van der Waals surface area contributed by atoms with Crippen molar-refractivity contribution >= 4 is 40.3 Å². The normalized spacial score (nSPS) is 11.3. The van der Waals surface area contributed by atoms with Crippen LogP contribution in [0.4, 0.5) is 11.5 Å². The Hall–Kier alpha value is -4.99. The number of fused-ring (bicyclic) bond motifs is 1. The number of aromatic amines is 2. The van der Waals surface area contributed by atoms with Gasteiger partial charge in [-0.3, -0.25) is 14.7 Å². The SMILES string of the molecule is Cn1ccnc1C(=O)Nc1ccc(C(=O)c2ccc3[nH]c(O)c(C=Nc4ccn[nH]4)c3c2)cc1. The molecule has 34 heavy (non-hydrogen) atoms. The number of nitrogens with one attached hydrogen (secondary N) is 3. The summed E-state index contributed by atoms with van der Waals surface area (Å²) in [5.74, 6) is 0.247. The van der Waals surface area contributed by atoms with Crippen LogP contribution in [0.5, 0.6) is 5.88 Å². The van der Waals surface area contributed by atoms with Crippen molar-refractivity contribution in [3.8, 4) is 5.88 Å². The fourth-order valence-corrected chi connectivity index (χ4v) is 3.57. The number of aryl methyl sites for hydroxylation is 1. The Bertz CT molecular complexity index is 1530. The Labute approximate surface area is 193 Å². The van der Waals surface area contributed by atoms with Crippen LogP contribution in [-0.4, -0.2) is 47.7 Å². The molecule has 168 valence electrons. The predicted octanol–water partition coefficient (Wildman–Crippen LogP) is 3.56. The van der Waals surface area contributed by atoms with Gasteiger partial charge in [-0.2, -0.15) is 5.10 Å². The Balaban J connectivity index is 1.38. The quantitative estimate of drug-likeness (QED) is 0.230. The van der Waals surface area contributed by atoms with Gasteiger partial charge in [-0.1, -0.05) is 0 Å². The zero-order valence-corrected chi connectivity index (χ0v) is 18.0. The molecule has 10 heteroatoms. The highest BCUT2D eigenvalue weighted by atomic mass is 16.3. The van der Waals surface area contributed by atoms with E-state index >= 15 is 0 Å². The molecular formula is C24H19N7O3. The number of rotatable bonds is 6. The number of carbonyl (C=O) groups excluding carboxylic acids is 2. The van der Waals surface area contributed by atoms with Crippen LogP contribution in [0.25, 0.3) is 10.9 Å². The molecule has 0 unspecified atom stereocenters. The molecule has 0 fully saturated rings. The minimum absolute atomic E-state index is 0.0457. The first-order valence-electron chi connectivity index (χ1n) is 10.3. The lowest BCUT2D eigenvalue weighted by molar-refractivity contribution is 0.101. The maximum Gasteiger partial charge on any atom is 0.291 e. The highest BCUT2D eigenvalue weighted by Crippen LogP contribution is 2.28. The van der Waals surface area contributed by atoms with Crippen LogP contribution in [0.2, 0.25) is 0 Å². The summed E-state index contributed by atoms with van der Waals surface area (Å²) in [6.45, 7) is 0. The monoisotopic (exact) mass is 453 g/mol. The molecule has 10 nitrogen and oxygen atoms in total. The summed E-state index contributed by atoms with van der Waals surface area (Å²) in [5, 5.41) is 20.3. The van der Waals surface area contributed by atoms with Gasteiger partial charge in [0, 0.05) is 59.4 Å². The van der Waals surface area contributed by atoms with E-state index in [1.807, 2.05) is 0 Å². The molecule has 0 atom stereocenters. The molecule has 3 heterocycles. The van der Waals surface area contributed by atoms with Crippen molar-refractivity contribution in [2.24, 2.45) is 12.0 Å². The van der Waals surface area contributed by atoms with Crippen LogP contribution in [-0.2, 0) is 7.05 Å². The van der Waals surface area contributed by atoms with Gasteiger partial charge in [0.25, 0.3) is 5.91 Å². The fraction of sp³-hybridized carbons (Fsp3) is 0.0417. The number of hydrogen-bond donors (Lipinski definition) is 4. The molecule has 0 spiro atoms. The number of hydrogen-bond acceptors (Lipinski definition) is 6. The molecule has 0 saturated heterocycles. The molecular weight excluding hydrogens is 434 g/mol. The van der Waals surface area contributed by atoms with E-state index in [9.17, 15) is 14.7 Å². The van der Waals surface area contributed by atoms with Crippen molar-refractivity contribution < 1.29 is 14.7 Å². The molecule has 0 saturated carbocycles. The van der Waals surface area contributed by atoms with Crippen molar-refractivity contribution in [3.63, 3.8) is 0 Å². The largest absolute Gasteiger partial charge is 0.494 e. The van der Waals surface area contributed by atoms with Crippen molar-refractivity contribution in [2.45, 2.75) is 0 Å². The molecule has 4 N–H and O–H groups in total. The number of aliphatic imine (C=N–C) groups is 1. The van der Waals surface area contributed by atoms with Gasteiger partial charge in [0.05, 0.1) is 11.8 Å². The van der Waals surface area contributed by atoms with E-state index in [1.165, 1.54) is 6.21 Å². The maximum absolute atomic E-state index is 13.1. The smallest absolute Gasteiger partial charge is 0.291 e. The van der Waals surface area contributed by atoms with Gasteiger partial charge in [-0.15, -0.1) is 0 Å². The third-order valence-electron chi connectivity index (χ3n) is 5.33. The molecule has 5 rings (SSSR count). The molecule has 2 aromatic carbocycles. The summed E-state index contributed by atoms with van der Waals surface area (Å²) in [5.41, 5.74) is 2.60. The molecule has 0 aliphatic carbocycles. The number of benzene rings is 2. The van der Waals surface area contributed by atoms with Crippen LogP contribution >= 0.6 is 0 Å². The summed E-state index contributed by atoms with van der Waals surface area (Å²) in [6.07, 6.45) is 6.32. The first-order valence-corrected chi connectivity index (χ1v) is 10.3. The minimum atomic E-state index is -0.339. The first kappa shape index (κ1) is 20.9. The fourth-order valence-electron chi connectivity index (χ4n) is 3.57. The minimum Gasteiger partial charge on any atom is -0.494 e. The lowest BCUT2D eigenvalue weighted by Gasteiger charge is -2.07. The Kier molecular flexibility index (Phi) is 5.23. The molecule has 0 bridgehead atoms. The molecule has 0 aliphatic rings. The highest BCUT2D eigenvalue weighted by Gasteiger charge is 2.15.